The molecule has 0 saturated carbocycles. The Kier molecular flexibility index (Phi) is 4.04. The SMILES string of the molecule is C=C(C=O)N=C(C=O)CC. The molecule has 54 valence electrons. The molecule has 0 unspecified atom stereocenters. The zero-order chi connectivity index (χ0) is 7.98. The van der Waals surface area contributed by atoms with Crippen molar-refractivity contribution >= 4 is 18.3 Å². The van der Waals surface area contributed by atoms with Gasteiger partial charge in [-0.1, -0.05) is 13.5 Å². The molecule has 0 aromatic heterocycles. The van der Waals surface area contributed by atoms with Crippen molar-refractivity contribution in [3.8, 4) is 0 Å². The van der Waals surface area contributed by atoms with Crippen LogP contribution in [0.1, 0.15) is 13.3 Å². The Hall–Kier alpha value is -1.25. The highest BCUT2D eigenvalue weighted by Gasteiger charge is 1.92. The van der Waals surface area contributed by atoms with E-state index in [0.29, 0.717) is 24.7 Å². The van der Waals surface area contributed by atoms with Crippen molar-refractivity contribution in [1.29, 1.82) is 0 Å². The monoisotopic (exact) mass is 139 g/mol. The predicted molar refractivity (Wildman–Crippen MR) is 39.0 cm³/mol. The number of carbonyl (C=O) groups is 2. The third kappa shape index (κ3) is 2.91. The molecule has 0 amide bonds. The number of nitrogens with zero attached hydrogens (tertiary/aromatic N) is 1. The fraction of sp³-hybridized carbons (Fsp3) is 0.286. The molecule has 0 bridgehead atoms. The van der Waals surface area contributed by atoms with E-state index in [4.69, 9.17) is 0 Å². The second kappa shape index (κ2) is 4.61. The van der Waals surface area contributed by atoms with E-state index in [9.17, 15) is 9.59 Å². The zero-order valence-electron chi connectivity index (χ0n) is 5.83. The van der Waals surface area contributed by atoms with Crippen LogP contribution in [0.5, 0.6) is 0 Å². The van der Waals surface area contributed by atoms with E-state index in [-0.39, 0.29) is 5.70 Å². The highest BCUT2D eigenvalue weighted by atomic mass is 16.1. The summed E-state index contributed by atoms with van der Waals surface area (Å²) in [4.78, 5) is 23.7. The summed E-state index contributed by atoms with van der Waals surface area (Å²) in [5.41, 5.74) is 0.432. The fourth-order valence-electron chi connectivity index (χ4n) is 0.400. The molecule has 0 aliphatic rings. The lowest BCUT2D eigenvalue weighted by Gasteiger charge is -1.89. The summed E-state index contributed by atoms with van der Waals surface area (Å²) in [6.45, 7) is 5.08. The van der Waals surface area contributed by atoms with Gasteiger partial charge in [0.15, 0.2) is 12.6 Å². The van der Waals surface area contributed by atoms with E-state index in [1.165, 1.54) is 0 Å². The minimum atomic E-state index is 0.0870. The fourth-order valence-corrected chi connectivity index (χ4v) is 0.400. The molecule has 0 radical (unpaired) electrons. The first kappa shape index (κ1) is 8.75. The Bertz CT molecular complexity index is 182. The summed E-state index contributed by atoms with van der Waals surface area (Å²) in [6, 6.07) is 0. The van der Waals surface area contributed by atoms with E-state index < -0.39 is 0 Å². The molecule has 0 rings (SSSR count). The maximum atomic E-state index is 10.1. The summed E-state index contributed by atoms with van der Waals surface area (Å²) >= 11 is 0. The van der Waals surface area contributed by atoms with Crippen molar-refractivity contribution in [2.24, 2.45) is 4.99 Å². The van der Waals surface area contributed by atoms with Crippen molar-refractivity contribution in [3.63, 3.8) is 0 Å². The average molecular weight is 139 g/mol. The van der Waals surface area contributed by atoms with Crippen molar-refractivity contribution < 1.29 is 9.59 Å². The van der Waals surface area contributed by atoms with Gasteiger partial charge in [-0.2, -0.15) is 0 Å². The number of carbonyl (C=O) groups excluding carboxylic acids is 2. The predicted octanol–water partition coefficient (Wildman–Crippen LogP) is 0.749. The molecule has 0 aliphatic carbocycles. The molecule has 0 saturated heterocycles. The van der Waals surface area contributed by atoms with Crippen LogP contribution in [-0.4, -0.2) is 18.3 Å². The first-order valence-electron chi connectivity index (χ1n) is 2.91. The zero-order valence-corrected chi connectivity index (χ0v) is 5.83. The lowest BCUT2D eigenvalue weighted by molar-refractivity contribution is -0.104. The molecule has 0 atom stereocenters. The first-order chi connectivity index (χ1) is 4.74. The number of aliphatic imine (C=N–C) groups is 1. The molecular weight excluding hydrogens is 130 g/mol. The topological polar surface area (TPSA) is 46.5 Å². The number of hydrogen-bond acceptors (Lipinski definition) is 3. The van der Waals surface area contributed by atoms with Gasteiger partial charge in [-0.15, -0.1) is 0 Å². The molecule has 10 heavy (non-hydrogen) atoms. The van der Waals surface area contributed by atoms with Gasteiger partial charge in [-0.3, -0.25) is 9.59 Å². The van der Waals surface area contributed by atoms with Crippen LogP contribution in [0.15, 0.2) is 17.3 Å². The molecule has 0 spiro atoms. The van der Waals surface area contributed by atoms with Gasteiger partial charge in [0.2, 0.25) is 0 Å². The van der Waals surface area contributed by atoms with Gasteiger partial charge < -0.3 is 0 Å². The van der Waals surface area contributed by atoms with Crippen molar-refractivity contribution in [2.75, 3.05) is 0 Å². The molecule has 0 heterocycles. The van der Waals surface area contributed by atoms with Gasteiger partial charge >= 0.3 is 0 Å². The van der Waals surface area contributed by atoms with E-state index in [0.717, 1.165) is 0 Å². The summed E-state index contributed by atoms with van der Waals surface area (Å²) in [5, 5.41) is 0. The van der Waals surface area contributed by atoms with Gasteiger partial charge in [0, 0.05) is 0 Å². The second-order valence-electron chi connectivity index (χ2n) is 1.68. The van der Waals surface area contributed by atoms with Crippen molar-refractivity contribution in [1.82, 2.24) is 0 Å². The van der Waals surface area contributed by atoms with Crippen LogP contribution in [-0.2, 0) is 9.59 Å². The van der Waals surface area contributed by atoms with E-state index in [1.807, 2.05) is 0 Å². The summed E-state index contributed by atoms with van der Waals surface area (Å²) < 4.78 is 0. The lowest BCUT2D eigenvalue weighted by atomic mass is 10.3. The molecule has 0 aromatic rings. The van der Waals surface area contributed by atoms with Crippen LogP contribution in [0.25, 0.3) is 0 Å². The Balaban J connectivity index is 4.23. The highest BCUT2D eigenvalue weighted by Crippen LogP contribution is 1.90. The molecule has 0 fully saturated rings. The van der Waals surface area contributed by atoms with Crippen LogP contribution >= 0.6 is 0 Å². The van der Waals surface area contributed by atoms with Gasteiger partial charge in [-0.25, -0.2) is 4.99 Å². The molecular formula is C7H9NO2. The van der Waals surface area contributed by atoms with E-state index >= 15 is 0 Å². The smallest absolute Gasteiger partial charge is 0.167 e. The number of aldehydes is 2. The van der Waals surface area contributed by atoms with Crippen LogP contribution in [0.3, 0.4) is 0 Å². The van der Waals surface area contributed by atoms with Crippen molar-refractivity contribution in [2.45, 2.75) is 13.3 Å². The van der Waals surface area contributed by atoms with Gasteiger partial charge in [0.05, 0.1) is 11.4 Å². The highest BCUT2D eigenvalue weighted by molar-refractivity contribution is 6.28. The van der Waals surface area contributed by atoms with Crippen molar-refractivity contribution in [3.05, 3.63) is 12.3 Å². The molecule has 0 aromatic carbocycles. The third-order valence-corrected chi connectivity index (χ3v) is 0.922. The van der Waals surface area contributed by atoms with Crippen LogP contribution in [0.2, 0.25) is 0 Å². The van der Waals surface area contributed by atoms with Crippen LogP contribution < -0.4 is 0 Å². The normalized spacial score (nSPS) is 10.7. The summed E-state index contributed by atoms with van der Waals surface area (Å²) in [5.74, 6) is 0. The standard InChI is InChI=1S/C7H9NO2/c1-3-7(5-10)8-6(2)4-9/h4-5H,2-3H2,1H3. The minimum absolute atomic E-state index is 0.0870. The largest absolute Gasteiger partial charge is 0.297 e. The lowest BCUT2D eigenvalue weighted by Crippen LogP contribution is -1.97. The number of hydrogen-bond donors (Lipinski definition) is 0. The first-order valence-corrected chi connectivity index (χ1v) is 2.91. The molecule has 0 aliphatic heterocycles. The van der Waals surface area contributed by atoms with Gasteiger partial charge in [0.25, 0.3) is 0 Å². The molecule has 3 heteroatoms. The number of allylic oxidation sites excluding steroid dienone is 1. The Morgan fingerprint density at radius 2 is 2.10 bits per heavy atom. The minimum Gasteiger partial charge on any atom is -0.297 e. The van der Waals surface area contributed by atoms with Gasteiger partial charge in [0.1, 0.15) is 0 Å². The second-order valence-corrected chi connectivity index (χ2v) is 1.68. The van der Waals surface area contributed by atoms with E-state index in [1.54, 1.807) is 6.92 Å². The molecule has 0 N–H and O–H groups in total. The number of rotatable bonds is 4. The van der Waals surface area contributed by atoms with Crippen LogP contribution in [0.4, 0.5) is 0 Å². The van der Waals surface area contributed by atoms with E-state index in [2.05, 4.69) is 11.6 Å². The quantitative estimate of drug-likeness (QED) is 0.328. The average Bonchev–Trinajstić information content (AvgIpc) is 1.99. The maximum Gasteiger partial charge on any atom is 0.167 e. The maximum absolute atomic E-state index is 10.1. The Labute approximate surface area is 59.5 Å². The molecule has 3 nitrogen and oxygen atoms in total. The summed E-state index contributed by atoms with van der Waals surface area (Å²) in [7, 11) is 0. The summed E-state index contributed by atoms with van der Waals surface area (Å²) in [6.07, 6.45) is 1.66. The van der Waals surface area contributed by atoms with Gasteiger partial charge in [-0.05, 0) is 6.42 Å². The Morgan fingerprint density at radius 1 is 1.50 bits per heavy atom. The van der Waals surface area contributed by atoms with Crippen LogP contribution in [0, 0.1) is 0 Å². The third-order valence-electron chi connectivity index (χ3n) is 0.922. The Morgan fingerprint density at radius 3 is 2.40 bits per heavy atom.